The van der Waals surface area contributed by atoms with Crippen molar-refractivity contribution in [1.82, 2.24) is 15.1 Å². The Bertz CT molecular complexity index is 878. The van der Waals surface area contributed by atoms with Crippen molar-refractivity contribution in [2.45, 2.75) is 6.54 Å². The van der Waals surface area contributed by atoms with Crippen molar-refractivity contribution in [3.63, 3.8) is 0 Å². The molecule has 3 rings (SSSR count). The van der Waals surface area contributed by atoms with Crippen LogP contribution in [0.5, 0.6) is 11.5 Å². The molecule has 134 valence electrons. The first-order chi connectivity index (χ1) is 12.7. The number of benzene rings is 2. The molecule has 26 heavy (non-hydrogen) atoms. The van der Waals surface area contributed by atoms with Crippen LogP contribution in [-0.4, -0.2) is 30.0 Å². The summed E-state index contributed by atoms with van der Waals surface area (Å²) in [6.07, 6.45) is 3.51. The molecular weight excluding hydrogens is 332 g/mol. The number of methoxy groups -OCH3 is 2. The molecule has 2 amide bonds. The number of rotatable bonds is 6. The summed E-state index contributed by atoms with van der Waals surface area (Å²) in [5.74, 6) is 1.23. The van der Waals surface area contributed by atoms with Gasteiger partial charge in [0.05, 0.1) is 25.6 Å². The standard InChI is InChI=1S/C19H20N4O3/c1-25-17-10-5-7-14(18(17)26-2)13-20-19(24)22-15-8-3-4-9-16(15)23-12-6-11-21-23/h3-12H,13H2,1-2H3,(H2,20,22,24). The van der Waals surface area contributed by atoms with Crippen LogP contribution in [-0.2, 0) is 6.54 Å². The fourth-order valence-corrected chi connectivity index (χ4v) is 2.63. The van der Waals surface area contributed by atoms with Crippen LogP contribution in [0.15, 0.2) is 60.9 Å². The fourth-order valence-electron chi connectivity index (χ4n) is 2.63. The molecule has 0 atom stereocenters. The van der Waals surface area contributed by atoms with Crippen molar-refractivity contribution in [3.8, 4) is 17.2 Å². The van der Waals surface area contributed by atoms with Crippen molar-refractivity contribution >= 4 is 11.7 Å². The summed E-state index contributed by atoms with van der Waals surface area (Å²) < 4.78 is 12.3. The highest BCUT2D eigenvalue weighted by Crippen LogP contribution is 2.30. The van der Waals surface area contributed by atoms with Gasteiger partial charge in [-0.2, -0.15) is 5.10 Å². The number of urea groups is 1. The predicted molar refractivity (Wildman–Crippen MR) is 99.0 cm³/mol. The van der Waals surface area contributed by atoms with E-state index in [0.29, 0.717) is 23.7 Å². The lowest BCUT2D eigenvalue weighted by Crippen LogP contribution is -2.28. The Hall–Kier alpha value is -3.48. The van der Waals surface area contributed by atoms with Gasteiger partial charge in [0.1, 0.15) is 0 Å². The van der Waals surface area contributed by atoms with E-state index in [4.69, 9.17) is 9.47 Å². The molecule has 0 radical (unpaired) electrons. The number of para-hydroxylation sites is 3. The van der Waals surface area contributed by atoms with Gasteiger partial charge in [-0.15, -0.1) is 0 Å². The Morgan fingerprint density at radius 2 is 1.92 bits per heavy atom. The van der Waals surface area contributed by atoms with Gasteiger partial charge in [-0.3, -0.25) is 0 Å². The summed E-state index contributed by atoms with van der Waals surface area (Å²) in [7, 11) is 3.15. The molecule has 0 aliphatic rings. The first-order valence-electron chi connectivity index (χ1n) is 8.06. The lowest BCUT2D eigenvalue weighted by molar-refractivity contribution is 0.251. The maximum Gasteiger partial charge on any atom is 0.319 e. The number of aromatic nitrogens is 2. The number of hydrogen-bond donors (Lipinski definition) is 2. The van der Waals surface area contributed by atoms with Crippen LogP contribution in [0.4, 0.5) is 10.5 Å². The summed E-state index contributed by atoms with van der Waals surface area (Å²) in [6, 6.07) is 14.5. The summed E-state index contributed by atoms with van der Waals surface area (Å²) in [5.41, 5.74) is 2.26. The lowest BCUT2D eigenvalue weighted by atomic mass is 10.2. The van der Waals surface area contributed by atoms with Crippen molar-refractivity contribution < 1.29 is 14.3 Å². The van der Waals surface area contributed by atoms with Gasteiger partial charge in [0.2, 0.25) is 0 Å². The third-order valence-electron chi connectivity index (χ3n) is 3.83. The average molecular weight is 352 g/mol. The van der Waals surface area contributed by atoms with Crippen molar-refractivity contribution in [2.24, 2.45) is 0 Å². The molecular formula is C19H20N4O3. The topological polar surface area (TPSA) is 77.4 Å². The van der Waals surface area contributed by atoms with Crippen LogP contribution in [0.3, 0.4) is 0 Å². The summed E-state index contributed by atoms with van der Waals surface area (Å²) in [6.45, 7) is 0.302. The third-order valence-corrected chi connectivity index (χ3v) is 3.83. The van der Waals surface area contributed by atoms with Crippen molar-refractivity contribution in [3.05, 3.63) is 66.5 Å². The van der Waals surface area contributed by atoms with Gasteiger partial charge < -0.3 is 20.1 Å². The van der Waals surface area contributed by atoms with Crippen LogP contribution in [0.25, 0.3) is 5.69 Å². The minimum absolute atomic E-state index is 0.302. The Kier molecular flexibility index (Phi) is 5.38. The average Bonchev–Trinajstić information content (AvgIpc) is 3.21. The van der Waals surface area contributed by atoms with E-state index in [-0.39, 0.29) is 6.03 Å². The zero-order chi connectivity index (χ0) is 18.4. The zero-order valence-corrected chi connectivity index (χ0v) is 14.6. The maximum atomic E-state index is 12.3. The van der Waals surface area contributed by atoms with Gasteiger partial charge in [-0.25, -0.2) is 9.48 Å². The molecule has 0 saturated carbocycles. The van der Waals surface area contributed by atoms with E-state index in [9.17, 15) is 4.79 Å². The van der Waals surface area contributed by atoms with E-state index in [1.165, 1.54) is 0 Å². The van der Waals surface area contributed by atoms with Gasteiger partial charge in [-0.1, -0.05) is 24.3 Å². The maximum absolute atomic E-state index is 12.3. The molecule has 0 bridgehead atoms. The Morgan fingerprint density at radius 1 is 1.08 bits per heavy atom. The molecule has 7 heteroatoms. The van der Waals surface area contributed by atoms with Crippen molar-refractivity contribution in [1.29, 1.82) is 0 Å². The second-order valence-electron chi connectivity index (χ2n) is 5.43. The second-order valence-corrected chi connectivity index (χ2v) is 5.43. The molecule has 1 aromatic heterocycles. The van der Waals surface area contributed by atoms with E-state index in [2.05, 4.69) is 15.7 Å². The highest BCUT2D eigenvalue weighted by Gasteiger charge is 2.12. The number of hydrogen-bond acceptors (Lipinski definition) is 4. The number of ether oxygens (including phenoxy) is 2. The molecule has 0 aliphatic carbocycles. The van der Waals surface area contributed by atoms with Gasteiger partial charge in [0.15, 0.2) is 11.5 Å². The predicted octanol–water partition coefficient (Wildman–Crippen LogP) is 3.21. The van der Waals surface area contributed by atoms with E-state index in [1.807, 2.05) is 54.7 Å². The van der Waals surface area contributed by atoms with E-state index in [1.54, 1.807) is 25.1 Å². The number of anilines is 1. The second kappa shape index (κ2) is 8.06. The Morgan fingerprint density at radius 3 is 2.65 bits per heavy atom. The molecule has 0 fully saturated rings. The zero-order valence-electron chi connectivity index (χ0n) is 14.6. The number of nitrogens with zero attached hydrogens (tertiary/aromatic N) is 2. The molecule has 0 unspecified atom stereocenters. The van der Waals surface area contributed by atoms with E-state index in [0.717, 1.165) is 11.3 Å². The summed E-state index contributed by atoms with van der Waals surface area (Å²) >= 11 is 0. The minimum atomic E-state index is -0.325. The normalized spacial score (nSPS) is 10.2. The number of carbonyl (C=O) groups excluding carboxylic acids is 1. The third kappa shape index (κ3) is 3.77. The number of carbonyl (C=O) groups is 1. The van der Waals surface area contributed by atoms with Gasteiger partial charge in [0, 0.05) is 24.5 Å². The molecule has 2 aromatic carbocycles. The minimum Gasteiger partial charge on any atom is -0.493 e. The summed E-state index contributed by atoms with van der Waals surface area (Å²) in [4.78, 5) is 12.3. The molecule has 2 N–H and O–H groups in total. The number of nitrogens with one attached hydrogen (secondary N) is 2. The van der Waals surface area contributed by atoms with Crippen LogP contribution in [0.2, 0.25) is 0 Å². The van der Waals surface area contributed by atoms with Crippen molar-refractivity contribution in [2.75, 3.05) is 19.5 Å². The van der Waals surface area contributed by atoms with Crippen LogP contribution in [0.1, 0.15) is 5.56 Å². The Balaban J connectivity index is 1.70. The highest BCUT2D eigenvalue weighted by atomic mass is 16.5. The summed E-state index contributed by atoms with van der Waals surface area (Å²) in [5, 5.41) is 9.89. The van der Waals surface area contributed by atoms with Crippen LogP contribution in [0, 0.1) is 0 Å². The van der Waals surface area contributed by atoms with Gasteiger partial charge >= 0.3 is 6.03 Å². The van der Waals surface area contributed by atoms with Crippen LogP contribution >= 0.6 is 0 Å². The quantitative estimate of drug-likeness (QED) is 0.714. The molecule has 0 aliphatic heterocycles. The molecule has 0 saturated heterocycles. The fraction of sp³-hybridized carbons (Fsp3) is 0.158. The number of amides is 2. The Labute approximate surface area is 151 Å². The molecule has 7 nitrogen and oxygen atoms in total. The van der Waals surface area contributed by atoms with Gasteiger partial charge in [0.25, 0.3) is 0 Å². The first kappa shape index (κ1) is 17.3. The monoisotopic (exact) mass is 352 g/mol. The van der Waals surface area contributed by atoms with E-state index >= 15 is 0 Å². The lowest BCUT2D eigenvalue weighted by Gasteiger charge is -2.14. The first-order valence-corrected chi connectivity index (χ1v) is 8.06. The SMILES string of the molecule is COc1cccc(CNC(=O)Nc2ccccc2-n2cccn2)c1OC. The largest absolute Gasteiger partial charge is 0.493 e. The molecule has 0 spiro atoms. The smallest absolute Gasteiger partial charge is 0.319 e. The van der Waals surface area contributed by atoms with Crippen LogP contribution < -0.4 is 20.1 Å². The molecule has 1 heterocycles. The van der Waals surface area contributed by atoms with E-state index < -0.39 is 0 Å². The van der Waals surface area contributed by atoms with Gasteiger partial charge in [-0.05, 0) is 24.3 Å². The molecule has 3 aromatic rings. The highest BCUT2D eigenvalue weighted by molar-refractivity contribution is 5.91.